The molecule has 162 valence electrons. The summed E-state index contributed by atoms with van der Waals surface area (Å²) in [4.78, 5) is 12.7. The molecule has 0 spiro atoms. The number of carbonyl (C=O) groups is 1. The van der Waals surface area contributed by atoms with E-state index in [4.69, 9.17) is 9.47 Å². The fraction of sp³-hybridized carbons (Fsp3) is 0.550. The van der Waals surface area contributed by atoms with Crippen molar-refractivity contribution in [3.8, 4) is 0 Å². The van der Waals surface area contributed by atoms with E-state index in [-0.39, 0.29) is 38.1 Å². The van der Waals surface area contributed by atoms with Gasteiger partial charge in [0.15, 0.2) is 0 Å². The summed E-state index contributed by atoms with van der Waals surface area (Å²) in [6.07, 6.45) is -3.85. The summed E-state index contributed by atoms with van der Waals surface area (Å²) in [6, 6.07) is 9.42. The van der Waals surface area contributed by atoms with Gasteiger partial charge in [0.1, 0.15) is 30.1 Å². The maximum Gasteiger partial charge on any atom is 0.223 e. The number of nitrogens with one attached hydrogen (secondary N) is 1. The fourth-order valence-corrected chi connectivity index (χ4v) is 3.85. The Balaban J connectivity index is 1.55. The highest BCUT2D eigenvalue weighted by Gasteiger charge is 2.44. The van der Waals surface area contributed by atoms with Crippen LogP contribution < -0.4 is 5.32 Å². The van der Waals surface area contributed by atoms with E-state index >= 15 is 0 Å². The molecule has 0 saturated carbocycles. The number of aliphatic hydroxyl groups is 3. The summed E-state index contributed by atoms with van der Waals surface area (Å²) in [6.45, 7) is 0.609. The van der Waals surface area contributed by atoms with Crippen molar-refractivity contribution in [2.45, 2.75) is 62.6 Å². The van der Waals surface area contributed by atoms with Crippen LogP contribution >= 0.6 is 0 Å². The van der Waals surface area contributed by atoms with E-state index < -0.39 is 30.5 Å². The lowest BCUT2D eigenvalue weighted by molar-refractivity contribution is -0.226. The van der Waals surface area contributed by atoms with Gasteiger partial charge in [0.2, 0.25) is 5.91 Å². The first kappa shape index (κ1) is 20.9. The molecular weight excluding hydrogens is 392 g/mol. The maximum absolute atomic E-state index is 12.7. The highest BCUT2D eigenvalue weighted by atomic mass is 16.5. The van der Waals surface area contributed by atoms with Crippen LogP contribution in [0.3, 0.4) is 0 Å². The fourth-order valence-electron chi connectivity index (χ4n) is 3.85. The van der Waals surface area contributed by atoms with Gasteiger partial charge in [-0.05, 0) is 12.0 Å². The molecule has 2 aliphatic heterocycles. The number of nitrogens with zero attached hydrogens (tertiary/aromatic N) is 3. The van der Waals surface area contributed by atoms with E-state index in [9.17, 15) is 20.1 Å². The Morgan fingerprint density at radius 1 is 1.10 bits per heavy atom. The molecule has 2 aromatic rings. The number of benzene rings is 1. The molecule has 2 aliphatic rings. The number of ether oxygens (including phenoxy) is 2. The predicted octanol–water partition coefficient (Wildman–Crippen LogP) is -1.22. The summed E-state index contributed by atoms with van der Waals surface area (Å²) in [5, 5.41) is 41.8. The second-order valence-electron chi connectivity index (χ2n) is 7.79. The van der Waals surface area contributed by atoms with Gasteiger partial charge in [0.05, 0.1) is 44.5 Å². The Labute approximate surface area is 173 Å². The van der Waals surface area contributed by atoms with Gasteiger partial charge in [0.25, 0.3) is 0 Å². The molecule has 4 bridgehead atoms. The molecule has 1 saturated heterocycles. The first-order valence-electron chi connectivity index (χ1n) is 9.99. The summed E-state index contributed by atoms with van der Waals surface area (Å²) < 4.78 is 13.0. The number of amides is 1. The molecule has 30 heavy (non-hydrogen) atoms. The largest absolute Gasteiger partial charge is 0.388 e. The van der Waals surface area contributed by atoms with Crippen LogP contribution in [0.25, 0.3) is 0 Å². The van der Waals surface area contributed by atoms with Crippen LogP contribution in [0.15, 0.2) is 36.5 Å². The van der Waals surface area contributed by atoms with Crippen LogP contribution in [-0.2, 0) is 33.8 Å². The zero-order chi connectivity index (χ0) is 21.1. The minimum atomic E-state index is -1.43. The minimum Gasteiger partial charge on any atom is -0.388 e. The number of hydrogen-bond acceptors (Lipinski definition) is 8. The van der Waals surface area contributed by atoms with Crippen LogP contribution in [-0.4, -0.2) is 79.4 Å². The van der Waals surface area contributed by atoms with Gasteiger partial charge in [-0.3, -0.25) is 4.79 Å². The van der Waals surface area contributed by atoms with E-state index in [1.54, 1.807) is 6.20 Å². The topological polar surface area (TPSA) is 139 Å². The summed E-state index contributed by atoms with van der Waals surface area (Å²) in [5.74, 6) is -0.333. The zero-order valence-corrected chi connectivity index (χ0v) is 16.4. The van der Waals surface area contributed by atoms with Crippen molar-refractivity contribution >= 4 is 5.91 Å². The highest BCUT2D eigenvalue weighted by Crippen LogP contribution is 2.24. The predicted molar refractivity (Wildman–Crippen MR) is 103 cm³/mol. The molecule has 10 nitrogen and oxygen atoms in total. The van der Waals surface area contributed by atoms with Crippen molar-refractivity contribution in [1.82, 2.24) is 20.3 Å². The Hall–Kier alpha value is -2.37. The summed E-state index contributed by atoms with van der Waals surface area (Å²) in [7, 11) is 0. The first-order valence-corrected chi connectivity index (χ1v) is 9.99. The van der Waals surface area contributed by atoms with Gasteiger partial charge < -0.3 is 30.1 Å². The van der Waals surface area contributed by atoms with E-state index in [0.717, 1.165) is 5.56 Å². The van der Waals surface area contributed by atoms with E-state index in [2.05, 4.69) is 15.6 Å². The highest BCUT2D eigenvalue weighted by molar-refractivity contribution is 5.77. The van der Waals surface area contributed by atoms with E-state index in [1.807, 2.05) is 30.3 Å². The van der Waals surface area contributed by atoms with Crippen molar-refractivity contribution in [1.29, 1.82) is 0 Å². The zero-order valence-electron chi connectivity index (χ0n) is 16.4. The second kappa shape index (κ2) is 9.19. The summed E-state index contributed by atoms with van der Waals surface area (Å²) >= 11 is 0. The Bertz CT molecular complexity index is 847. The quantitative estimate of drug-likeness (QED) is 0.476. The second-order valence-corrected chi connectivity index (χ2v) is 7.79. The van der Waals surface area contributed by atoms with E-state index in [1.165, 1.54) is 4.68 Å². The third kappa shape index (κ3) is 4.85. The standard InChI is InChI=1S/C20H26N4O6/c25-17-7-15-18(26)20(28)19(27)16(30-15)9-24-8-14(22-23-24)11-29-10-13(21-17)6-12-4-2-1-3-5-12/h1-5,8,13,15-16,18-20,26-28H,6-7,9-11H2,(H,21,25)/t13-,15-,16+,18-,19+,20+/m0/s1. The number of rotatable bonds is 2. The van der Waals surface area contributed by atoms with Gasteiger partial charge in [-0.2, -0.15) is 0 Å². The van der Waals surface area contributed by atoms with Crippen LogP contribution in [0, 0.1) is 0 Å². The Kier molecular flexibility index (Phi) is 6.40. The van der Waals surface area contributed by atoms with Gasteiger partial charge in [-0.25, -0.2) is 4.68 Å². The normalized spacial score (nSPS) is 32.8. The van der Waals surface area contributed by atoms with Gasteiger partial charge in [-0.1, -0.05) is 35.5 Å². The lowest BCUT2D eigenvalue weighted by Gasteiger charge is -2.40. The molecule has 4 N–H and O–H groups in total. The van der Waals surface area contributed by atoms with Crippen LogP contribution in [0.2, 0.25) is 0 Å². The van der Waals surface area contributed by atoms with Gasteiger partial charge in [0, 0.05) is 0 Å². The van der Waals surface area contributed by atoms with Crippen molar-refractivity contribution in [3.63, 3.8) is 0 Å². The molecule has 0 aliphatic carbocycles. The Morgan fingerprint density at radius 3 is 2.67 bits per heavy atom. The molecule has 3 heterocycles. The molecule has 10 heteroatoms. The monoisotopic (exact) mass is 418 g/mol. The number of aliphatic hydroxyl groups excluding tert-OH is 3. The number of aromatic nitrogens is 3. The third-order valence-corrected chi connectivity index (χ3v) is 5.41. The number of fused-ring (bicyclic) bond motifs is 4. The molecule has 6 atom stereocenters. The van der Waals surface area contributed by atoms with Crippen molar-refractivity contribution in [2.24, 2.45) is 0 Å². The van der Waals surface area contributed by atoms with Crippen molar-refractivity contribution in [3.05, 3.63) is 47.8 Å². The maximum atomic E-state index is 12.7. The van der Waals surface area contributed by atoms with E-state index in [0.29, 0.717) is 12.1 Å². The molecular formula is C20H26N4O6. The average molecular weight is 418 g/mol. The van der Waals surface area contributed by atoms with Crippen LogP contribution in [0.1, 0.15) is 17.7 Å². The van der Waals surface area contributed by atoms with Crippen LogP contribution in [0.5, 0.6) is 0 Å². The van der Waals surface area contributed by atoms with Crippen molar-refractivity contribution < 1.29 is 29.6 Å². The molecule has 1 aromatic carbocycles. The van der Waals surface area contributed by atoms with Gasteiger partial charge >= 0.3 is 0 Å². The lowest BCUT2D eigenvalue weighted by Crippen LogP contribution is -2.59. The summed E-state index contributed by atoms with van der Waals surface area (Å²) in [5.41, 5.74) is 1.64. The number of carbonyl (C=O) groups excluding carboxylic acids is 1. The average Bonchev–Trinajstić information content (AvgIpc) is 3.17. The van der Waals surface area contributed by atoms with Crippen LogP contribution in [0.4, 0.5) is 0 Å². The molecule has 0 unspecified atom stereocenters. The molecule has 0 radical (unpaired) electrons. The van der Waals surface area contributed by atoms with Gasteiger partial charge in [-0.15, -0.1) is 5.10 Å². The molecule has 1 amide bonds. The minimum absolute atomic E-state index is 0.118. The molecule has 1 fully saturated rings. The Morgan fingerprint density at radius 2 is 1.87 bits per heavy atom. The lowest BCUT2D eigenvalue weighted by atomic mass is 9.93. The molecule has 4 rings (SSSR count). The number of hydrogen-bond donors (Lipinski definition) is 4. The van der Waals surface area contributed by atoms with Crippen molar-refractivity contribution in [2.75, 3.05) is 6.61 Å². The SMILES string of the molecule is O=C1C[C@@H]2O[C@H](Cn3cc(nn3)COC[C@H](Cc3ccccc3)N1)[C@@H](O)[C@H](O)[C@H]2O. The smallest absolute Gasteiger partial charge is 0.223 e. The third-order valence-electron chi connectivity index (χ3n) is 5.41. The molecule has 1 aromatic heterocycles. The first-order chi connectivity index (χ1) is 14.5.